The Kier molecular flexibility index (Phi) is 3.13. The van der Waals surface area contributed by atoms with Gasteiger partial charge in [-0.3, -0.25) is 0 Å². The summed E-state index contributed by atoms with van der Waals surface area (Å²) in [7, 11) is 0. The van der Waals surface area contributed by atoms with Gasteiger partial charge < -0.3 is 5.73 Å². The SMILES string of the molecule is CC(N)(c1ccccc1)c1ccc(F)c(F)c1F. The lowest BCUT2D eigenvalue weighted by molar-refractivity contribution is 0.425. The second kappa shape index (κ2) is 4.46. The minimum atomic E-state index is -1.50. The maximum atomic E-state index is 13.7. The summed E-state index contributed by atoms with van der Waals surface area (Å²) >= 11 is 0. The monoisotopic (exact) mass is 251 g/mol. The Labute approximate surface area is 103 Å². The first-order valence-corrected chi connectivity index (χ1v) is 5.43. The van der Waals surface area contributed by atoms with E-state index in [4.69, 9.17) is 5.73 Å². The third kappa shape index (κ3) is 1.99. The molecule has 18 heavy (non-hydrogen) atoms. The number of hydrogen-bond acceptors (Lipinski definition) is 1. The molecule has 1 unspecified atom stereocenters. The van der Waals surface area contributed by atoms with Crippen LogP contribution >= 0.6 is 0 Å². The predicted octanol–water partition coefficient (Wildman–Crippen LogP) is 3.33. The van der Waals surface area contributed by atoms with Crippen LogP contribution in [0.25, 0.3) is 0 Å². The number of halogens is 3. The molecular formula is C14H12F3N. The first-order chi connectivity index (χ1) is 8.44. The molecule has 0 aromatic heterocycles. The number of hydrogen-bond donors (Lipinski definition) is 1. The lowest BCUT2D eigenvalue weighted by Crippen LogP contribution is -2.35. The molecule has 2 N–H and O–H groups in total. The number of nitrogens with two attached hydrogens (primary N) is 1. The predicted molar refractivity (Wildman–Crippen MR) is 63.4 cm³/mol. The molecule has 94 valence electrons. The zero-order valence-corrected chi connectivity index (χ0v) is 9.75. The molecule has 0 spiro atoms. The molecule has 0 saturated heterocycles. The van der Waals surface area contributed by atoms with E-state index in [1.165, 1.54) is 6.07 Å². The normalized spacial score (nSPS) is 14.3. The van der Waals surface area contributed by atoms with Crippen LogP contribution in [0, 0.1) is 17.5 Å². The molecule has 0 aliphatic carbocycles. The van der Waals surface area contributed by atoms with Crippen LogP contribution in [0.3, 0.4) is 0 Å². The van der Waals surface area contributed by atoms with E-state index in [0.29, 0.717) is 5.56 Å². The van der Waals surface area contributed by atoms with Crippen molar-refractivity contribution in [2.75, 3.05) is 0 Å². The molecule has 0 amide bonds. The maximum Gasteiger partial charge on any atom is 0.194 e. The third-order valence-electron chi connectivity index (χ3n) is 2.97. The van der Waals surface area contributed by atoms with Crippen LogP contribution in [0.15, 0.2) is 42.5 Å². The van der Waals surface area contributed by atoms with Gasteiger partial charge in [0.1, 0.15) is 0 Å². The van der Waals surface area contributed by atoms with Crippen molar-refractivity contribution in [3.05, 3.63) is 71.0 Å². The van der Waals surface area contributed by atoms with E-state index in [1.54, 1.807) is 37.3 Å². The average molecular weight is 251 g/mol. The molecule has 2 aromatic rings. The van der Waals surface area contributed by atoms with E-state index in [0.717, 1.165) is 6.07 Å². The van der Waals surface area contributed by atoms with Gasteiger partial charge in [-0.1, -0.05) is 36.4 Å². The Morgan fingerprint density at radius 1 is 0.889 bits per heavy atom. The molecule has 2 rings (SSSR count). The van der Waals surface area contributed by atoms with Gasteiger partial charge in [0, 0.05) is 5.56 Å². The summed E-state index contributed by atoms with van der Waals surface area (Å²) in [5.74, 6) is -3.97. The van der Waals surface area contributed by atoms with Crippen molar-refractivity contribution in [3.63, 3.8) is 0 Å². The Hall–Kier alpha value is -1.81. The summed E-state index contributed by atoms with van der Waals surface area (Å²) in [5.41, 5.74) is 5.37. The topological polar surface area (TPSA) is 26.0 Å². The molecule has 4 heteroatoms. The molecule has 0 aliphatic heterocycles. The summed E-state index contributed by atoms with van der Waals surface area (Å²) in [6.45, 7) is 1.55. The Bertz CT molecular complexity index is 565. The van der Waals surface area contributed by atoms with E-state index in [-0.39, 0.29) is 5.56 Å². The minimum absolute atomic E-state index is 0.0763. The second-order valence-electron chi connectivity index (χ2n) is 4.29. The van der Waals surface area contributed by atoms with Gasteiger partial charge in [0.15, 0.2) is 17.5 Å². The minimum Gasteiger partial charge on any atom is -0.318 e. The van der Waals surface area contributed by atoms with Gasteiger partial charge in [-0.2, -0.15) is 0 Å². The van der Waals surface area contributed by atoms with Crippen molar-refractivity contribution in [2.45, 2.75) is 12.5 Å². The number of benzene rings is 2. The first kappa shape index (κ1) is 12.6. The molecule has 1 nitrogen and oxygen atoms in total. The first-order valence-electron chi connectivity index (χ1n) is 5.43. The van der Waals surface area contributed by atoms with Gasteiger partial charge in [0.05, 0.1) is 5.54 Å². The molecule has 0 radical (unpaired) electrons. The highest BCUT2D eigenvalue weighted by molar-refractivity contribution is 5.38. The highest BCUT2D eigenvalue weighted by Gasteiger charge is 2.29. The molecule has 0 fully saturated rings. The largest absolute Gasteiger partial charge is 0.318 e. The lowest BCUT2D eigenvalue weighted by atomic mass is 9.85. The molecule has 0 bridgehead atoms. The molecule has 1 atom stereocenters. The van der Waals surface area contributed by atoms with E-state index >= 15 is 0 Å². The molecule has 0 aliphatic rings. The fourth-order valence-corrected chi connectivity index (χ4v) is 1.87. The average Bonchev–Trinajstić information content (AvgIpc) is 2.37. The second-order valence-corrected chi connectivity index (χ2v) is 4.29. The van der Waals surface area contributed by atoms with Crippen LogP contribution in [0.2, 0.25) is 0 Å². The van der Waals surface area contributed by atoms with Crippen molar-refractivity contribution in [3.8, 4) is 0 Å². The highest BCUT2D eigenvalue weighted by Crippen LogP contribution is 2.30. The van der Waals surface area contributed by atoms with Crippen molar-refractivity contribution in [2.24, 2.45) is 5.73 Å². The van der Waals surface area contributed by atoms with Crippen LogP contribution in [0.4, 0.5) is 13.2 Å². The van der Waals surface area contributed by atoms with Gasteiger partial charge in [0.25, 0.3) is 0 Å². The van der Waals surface area contributed by atoms with E-state index in [1.807, 2.05) is 0 Å². The van der Waals surface area contributed by atoms with Gasteiger partial charge in [-0.15, -0.1) is 0 Å². The van der Waals surface area contributed by atoms with Gasteiger partial charge >= 0.3 is 0 Å². The standard InChI is InChI=1S/C14H12F3N/c1-14(18,9-5-3-2-4-6-9)10-7-8-11(15)13(17)12(10)16/h2-8H,18H2,1H3. The van der Waals surface area contributed by atoms with Gasteiger partial charge in [0.2, 0.25) is 0 Å². The third-order valence-corrected chi connectivity index (χ3v) is 2.97. The van der Waals surface area contributed by atoms with Crippen molar-refractivity contribution < 1.29 is 13.2 Å². The summed E-state index contributed by atoms with van der Waals surface area (Å²) in [4.78, 5) is 0. The Morgan fingerprint density at radius 3 is 2.11 bits per heavy atom. The summed E-state index contributed by atoms with van der Waals surface area (Å²) in [5, 5.41) is 0. The van der Waals surface area contributed by atoms with Crippen LogP contribution in [0.1, 0.15) is 18.1 Å². The number of rotatable bonds is 2. The Morgan fingerprint density at radius 2 is 1.50 bits per heavy atom. The van der Waals surface area contributed by atoms with Crippen LogP contribution < -0.4 is 5.73 Å². The molecule has 2 aromatic carbocycles. The van der Waals surface area contributed by atoms with Gasteiger partial charge in [-0.25, -0.2) is 13.2 Å². The van der Waals surface area contributed by atoms with Crippen LogP contribution in [0.5, 0.6) is 0 Å². The maximum absolute atomic E-state index is 13.7. The summed E-state index contributed by atoms with van der Waals surface area (Å²) < 4.78 is 39.9. The molecule has 0 saturated carbocycles. The van der Waals surface area contributed by atoms with Crippen LogP contribution in [-0.4, -0.2) is 0 Å². The summed E-state index contributed by atoms with van der Waals surface area (Å²) in [6, 6.07) is 10.8. The van der Waals surface area contributed by atoms with Crippen molar-refractivity contribution >= 4 is 0 Å². The quantitative estimate of drug-likeness (QED) is 0.814. The zero-order valence-electron chi connectivity index (χ0n) is 9.75. The van der Waals surface area contributed by atoms with E-state index in [2.05, 4.69) is 0 Å². The Balaban J connectivity index is 2.58. The zero-order chi connectivity index (χ0) is 13.3. The smallest absolute Gasteiger partial charge is 0.194 e. The van der Waals surface area contributed by atoms with Crippen LogP contribution in [-0.2, 0) is 5.54 Å². The van der Waals surface area contributed by atoms with Crippen molar-refractivity contribution in [1.82, 2.24) is 0 Å². The highest BCUT2D eigenvalue weighted by atomic mass is 19.2. The van der Waals surface area contributed by atoms with E-state index < -0.39 is 23.0 Å². The fourth-order valence-electron chi connectivity index (χ4n) is 1.87. The van der Waals surface area contributed by atoms with Gasteiger partial charge in [-0.05, 0) is 18.6 Å². The van der Waals surface area contributed by atoms with Crippen molar-refractivity contribution in [1.29, 1.82) is 0 Å². The molecular weight excluding hydrogens is 239 g/mol. The van der Waals surface area contributed by atoms with E-state index in [9.17, 15) is 13.2 Å². The fraction of sp³-hybridized carbons (Fsp3) is 0.143. The lowest BCUT2D eigenvalue weighted by Gasteiger charge is -2.26. The summed E-state index contributed by atoms with van der Waals surface area (Å²) in [6.07, 6.45) is 0. The molecule has 0 heterocycles.